The van der Waals surface area contributed by atoms with Crippen LogP contribution in [0.1, 0.15) is 39.7 Å². The lowest BCUT2D eigenvalue weighted by molar-refractivity contribution is 0.0529. The Balaban J connectivity index is 2.88. The standard InChI is InChI=1S/C14H19FN2O3/c1-5-11(10-8-9(15)6-7-12(10)18)16-17-13(19)20-14(2,3)4/h6-8,18H,5H2,1-4H3,(H,17,19)/b16-11+. The molecule has 0 unspecified atom stereocenters. The second-order valence-electron chi connectivity index (χ2n) is 5.19. The van der Waals surface area contributed by atoms with E-state index in [0.717, 1.165) is 12.1 Å². The maximum absolute atomic E-state index is 13.2. The second-order valence-corrected chi connectivity index (χ2v) is 5.19. The van der Waals surface area contributed by atoms with E-state index in [-0.39, 0.29) is 11.3 Å². The second kappa shape index (κ2) is 6.36. The average Bonchev–Trinajstić information content (AvgIpc) is 2.32. The number of amides is 1. The van der Waals surface area contributed by atoms with Gasteiger partial charge in [0.05, 0.1) is 5.71 Å². The summed E-state index contributed by atoms with van der Waals surface area (Å²) >= 11 is 0. The summed E-state index contributed by atoms with van der Waals surface area (Å²) in [6, 6.07) is 3.55. The maximum atomic E-state index is 13.2. The van der Waals surface area contributed by atoms with E-state index in [2.05, 4.69) is 10.5 Å². The van der Waals surface area contributed by atoms with Crippen molar-refractivity contribution in [3.8, 4) is 5.75 Å². The molecular weight excluding hydrogens is 263 g/mol. The molecule has 20 heavy (non-hydrogen) atoms. The van der Waals surface area contributed by atoms with Crippen LogP contribution in [0.2, 0.25) is 0 Å². The fourth-order valence-electron chi connectivity index (χ4n) is 1.48. The summed E-state index contributed by atoms with van der Waals surface area (Å²) in [6.07, 6.45) is -0.299. The van der Waals surface area contributed by atoms with Crippen molar-refractivity contribution in [2.75, 3.05) is 0 Å². The lowest BCUT2D eigenvalue weighted by Crippen LogP contribution is -2.30. The number of hydrazone groups is 1. The average molecular weight is 282 g/mol. The smallest absolute Gasteiger partial charge is 0.428 e. The topological polar surface area (TPSA) is 70.9 Å². The minimum absolute atomic E-state index is 0.0991. The quantitative estimate of drug-likeness (QED) is 0.660. The molecule has 0 aromatic heterocycles. The van der Waals surface area contributed by atoms with Crippen molar-refractivity contribution in [1.29, 1.82) is 0 Å². The molecule has 1 amide bonds. The molecule has 0 saturated heterocycles. The fraction of sp³-hybridized carbons (Fsp3) is 0.429. The highest BCUT2D eigenvalue weighted by molar-refractivity contribution is 6.02. The Morgan fingerprint density at radius 3 is 2.65 bits per heavy atom. The lowest BCUT2D eigenvalue weighted by Gasteiger charge is -2.18. The van der Waals surface area contributed by atoms with Crippen LogP contribution in [0.3, 0.4) is 0 Å². The van der Waals surface area contributed by atoms with Gasteiger partial charge >= 0.3 is 6.09 Å². The number of hydrogen-bond donors (Lipinski definition) is 2. The SMILES string of the molecule is CC/C(=N\NC(=O)OC(C)(C)C)c1cc(F)ccc1O. The molecule has 0 fully saturated rings. The lowest BCUT2D eigenvalue weighted by atomic mass is 10.1. The molecule has 0 aliphatic carbocycles. The van der Waals surface area contributed by atoms with E-state index < -0.39 is 17.5 Å². The molecule has 0 atom stereocenters. The third kappa shape index (κ3) is 4.87. The van der Waals surface area contributed by atoms with Gasteiger partial charge in [-0.1, -0.05) is 6.92 Å². The Hall–Kier alpha value is -2.11. The van der Waals surface area contributed by atoms with Crippen LogP contribution in [0, 0.1) is 5.82 Å². The molecule has 0 radical (unpaired) electrons. The van der Waals surface area contributed by atoms with Crippen LogP contribution in [0.25, 0.3) is 0 Å². The van der Waals surface area contributed by atoms with Crippen molar-refractivity contribution < 1.29 is 19.0 Å². The highest BCUT2D eigenvalue weighted by Crippen LogP contribution is 2.20. The van der Waals surface area contributed by atoms with E-state index in [9.17, 15) is 14.3 Å². The Morgan fingerprint density at radius 2 is 2.10 bits per heavy atom. The van der Waals surface area contributed by atoms with Gasteiger partial charge in [-0.15, -0.1) is 0 Å². The highest BCUT2D eigenvalue weighted by atomic mass is 19.1. The van der Waals surface area contributed by atoms with Crippen LogP contribution in [0.5, 0.6) is 5.75 Å². The number of nitrogens with zero attached hydrogens (tertiary/aromatic N) is 1. The van der Waals surface area contributed by atoms with Gasteiger partial charge in [0.1, 0.15) is 17.2 Å². The first-order chi connectivity index (χ1) is 9.23. The fourth-order valence-corrected chi connectivity index (χ4v) is 1.48. The van der Waals surface area contributed by atoms with Crippen molar-refractivity contribution in [3.05, 3.63) is 29.6 Å². The van der Waals surface area contributed by atoms with E-state index in [1.165, 1.54) is 6.07 Å². The molecule has 0 aliphatic heterocycles. The minimum Gasteiger partial charge on any atom is -0.507 e. The minimum atomic E-state index is -0.709. The van der Waals surface area contributed by atoms with Gasteiger partial charge in [-0.25, -0.2) is 14.6 Å². The first-order valence-electron chi connectivity index (χ1n) is 6.27. The number of phenolic OH excluding ortho intramolecular Hbond substituents is 1. The first-order valence-corrected chi connectivity index (χ1v) is 6.27. The van der Waals surface area contributed by atoms with Gasteiger partial charge in [0.2, 0.25) is 0 Å². The van der Waals surface area contributed by atoms with Crippen LogP contribution in [-0.2, 0) is 4.74 Å². The van der Waals surface area contributed by atoms with Crippen molar-refractivity contribution >= 4 is 11.8 Å². The van der Waals surface area contributed by atoms with Gasteiger partial charge in [-0.05, 0) is 45.4 Å². The zero-order valence-corrected chi connectivity index (χ0v) is 12.0. The molecule has 0 aliphatic rings. The number of carbonyl (C=O) groups is 1. The summed E-state index contributed by atoms with van der Waals surface area (Å²) in [4.78, 5) is 11.5. The summed E-state index contributed by atoms with van der Waals surface area (Å²) in [5.74, 6) is -0.589. The third-order valence-electron chi connectivity index (χ3n) is 2.29. The van der Waals surface area contributed by atoms with Crippen molar-refractivity contribution in [1.82, 2.24) is 5.43 Å². The largest absolute Gasteiger partial charge is 0.507 e. The number of ether oxygens (including phenoxy) is 1. The van der Waals surface area contributed by atoms with Gasteiger partial charge in [0.15, 0.2) is 0 Å². The summed E-state index contributed by atoms with van der Waals surface area (Å²) in [7, 11) is 0. The number of nitrogens with one attached hydrogen (secondary N) is 1. The molecular formula is C14H19FN2O3. The maximum Gasteiger partial charge on any atom is 0.428 e. The number of aromatic hydroxyl groups is 1. The van der Waals surface area contributed by atoms with Crippen LogP contribution in [0.15, 0.2) is 23.3 Å². The Kier molecular flexibility index (Phi) is 5.07. The predicted octanol–water partition coefficient (Wildman–Crippen LogP) is 3.17. The van der Waals surface area contributed by atoms with Crippen molar-refractivity contribution in [2.45, 2.75) is 39.7 Å². The molecule has 0 bridgehead atoms. The van der Waals surface area contributed by atoms with Crippen LogP contribution >= 0.6 is 0 Å². The molecule has 2 N–H and O–H groups in total. The zero-order valence-electron chi connectivity index (χ0n) is 12.0. The summed E-state index contributed by atoms with van der Waals surface area (Å²) in [5.41, 5.74) is 2.19. The van der Waals surface area contributed by atoms with E-state index in [4.69, 9.17) is 4.74 Å². The summed E-state index contributed by atoms with van der Waals surface area (Å²) in [6.45, 7) is 6.97. The number of carbonyl (C=O) groups excluding carboxylic acids is 1. The molecule has 1 aromatic rings. The Labute approximate surface area is 117 Å². The molecule has 1 rings (SSSR count). The number of benzene rings is 1. The van der Waals surface area contributed by atoms with E-state index in [1.54, 1.807) is 27.7 Å². The third-order valence-corrected chi connectivity index (χ3v) is 2.29. The highest BCUT2D eigenvalue weighted by Gasteiger charge is 2.16. The molecule has 6 heteroatoms. The van der Waals surface area contributed by atoms with Crippen molar-refractivity contribution in [2.24, 2.45) is 5.10 Å². The van der Waals surface area contributed by atoms with Crippen LogP contribution in [0.4, 0.5) is 9.18 Å². The monoisotopic (exact) mass is 282 g/mol. The van der Waals surface area contributed by atoms with E-state index >= 15 is 0 Å². The number of phenols is 1. The summed E-state index contributed by atoms with van der Waals surface area (Å²) in [5, 5.41) is 13.6. The molecule has 0 saturated carbocycles. The number of halogens is 1. The molecule has 0 spiro atoms. The molecule has 5 nitrogen and oxygen atoms in total. The number of hydrogen-bond acceptors (Lipinski definition) is 4. The van der Waals surface area contributed by atoms with Gasteiger partial charge in [-0.2, -0.15) is 5.10 Å². The van der Waals surface area contributed by atoms with Gasteiger partial charge in [0, 0.05) is 5.56 Å². The van der Waals surface area contributed by atoms with Gasteiger partial charge < -0.3 is 9.84 Å². The first kappa shape index (κ1) is 15.9. The molecule has 110 valence electrons. The predicted molar refractivity (Wildman–Crippen MR) is 74.3 cm³/mol. The Bertz CT molecular complexity index is 522. The normalized spacial score (nSPS) is 12.2. The summed E-state index contributed by atoms with van der Waals surface area (Å²) < 4.78 is 18.2. The Morgan fingerprint density at radius 1 is 1.45 bits per heavy atom. The van der Waals surface area contributed by atoms with Gasteiger partial charge in [0.25, 0.3) is 0 Å². The van der Waals surface area contributed by atoms with Crippen LogP contribution in [-0.4, -0.2) is 22.5 Å². The number of rotatable bonds is 3. The zero-order chi connectivity index (χ0) is 15.3. The van der Waals surface area contributed by atoms with E-state index in [0.29, 0.717) is 12.1 Å². The molecule has 1 aromatic carbocycles. The molecule has 0 heterocycles. The van der Waals surface area contributed by atoms with E-state index in [1.807, 2.05) is 0 Å². The van der Waals surface area contributed by atoms with Crippen molar-refractivity contribution in [3.63, 3.8) is 0 Å². The van der Waals surface area contributed by atoms with Crippen LogP contribution < -0.4 is 5.43 Å². The van der Waals surface area contributed by atoms with Gasteiger partial charge in [-0.3, -0.25) is 0 Å².